The van der Waals surface area contributed by atoms with E-state index in [0.717, 1.165) is 31.6 Å². The molecule has 0 aromatic carbocycles. The number of nitrogens with zero attached hydrogens (tertiary/aromatic N) is 2. The second-order valence-electron chi connectivity index (χ2n) is 5.84. The molecule has 2 fully saturated rings. The largest absolute Gasteiger partial charge is 0.368 e. The van der Waals surface area contributed by atoms with Gasteiger partial charge in [0.25, 0.3) is 0 Å². The molecule has 104 valence electrons. The Balaban J connectivity index is 1.78. The average Bonchev–Trinajstić information content (AvgIpc) is 2.36. The van der Waals surface area contributed by atoms with Gasteiger partial charge in [0, 0.05) is 19.1 Å². The molecule has 0 radical (unpaired) electrons. The van der Waals surface area contributed by atoms with E-state index in [0.29, 0.717) is 6.42 Å². The van der Waals surface area contributed by atoms with Crippen molar-refractivity contribution in [2.45, 2.75) is 37.8 Å². The smallest absolute Gasteiger partial charge is 0.234 e. The van der Waals surface area contributed by atoms with E-state index in [1.807, 2.05) is 0 Å². The first-order chi connectivity index (χ1) is 8.58. The van der Waals surface area contributed by atoms with Crippen molar-refractivity contribution in [3.8, 4) is 0 Å². The van der Waals surface area contributed by atoms with Crippen molar-refractivity contribution in [1.29, 1.82) is 0 Å². The Morgan fingerprint density at radius 1 is 1.39 bits per heavy atom. The van der Waals surface area contributed by atoms with Crippen molar-refractivity contribution >= 4 is 5.91 Å². The van der Waals surface area contributed by atoms with Gasteiger partial charge in [-0.15, -0.1) is 0 Å². The highest BCUT2D eigenvalue weighted by molar-refractivity contribution is 5.79. The Morgan fingerprint density at radius 2 is 2.17 bits per heavy atom. The van der Waals surface area contributed by atoms with Gasteiger partial charge in [-0.2, -0.15) is 0 Å². The number of fused-ring (bicyclic) bond motifs is 1. The van der Waals surface area contributed by atoms with Crippen LogP contribution in [0.4, 0.5) is 0 Å². The van der Waals surface area contributed by atoms with Crippen LogP contribution >= 0.6 is 0 Å². The Labute approximate surface area is 109 Å². The van der Waals surface area contributed by atoms with E-state index in [1.165, 1.54) is 25.8 Å². The van der Waals surface area contributed by atoms with Gasteiger partial charge < -0.3 is 21.3 Å². The minimum atomic E-state index is -0.489. The SMILES string of the molecule is CN1CCCC2CN(CCC(N)C(N)=O)CCC21. The number of hydrogen-bond donors (Lipinski definition) is 2. The molecule has 5 heteroatoms. The number of carbonyl (C=O) groups excluding carboxylic acids is 1. The van der Waals surface area contributed by atoms with E-state index in [-0.39, 0.29) is 5.91 Å². The highest BCUT2D eigenvalue weighted by Crippen LogP contribution is 2.29. The standard InChI is InChI=1S/C13H26N4O/c1-16-6-2-3-10-9-17(8-5-12(10)16)7-4-11(14)13(15)18/h10-12H,2-9,14H2,1H3,(H2,15,18). The lowest BCUT2D eigenvalue weighted by atomic mass is 9.84. The number of likely N-dealkylation sites (tertiary alicyclic amines) is 2. The first-order valence-corrected chi connectivity index (χ1v) is 7.05. The minimum Gasteiger partial charge on any atom is -0.368 e. The Kier molecular flexibility index (Phi) is 4.59. The summed E-state index contributed by atoms with van der Waals surface area (Å²) in [5, 5.41) is 0. The van der Waals surface area contributed by atoms with Crippen LogP contribution in [0.2, 0.25) is 0 Å². The maximum absolute atomic E-state index is 10.9. The molecule has 0 saturated carbocycles. The Bertz CT molecular complexity index is 297. The summed E-state index contributed by atoms with van der Waals surface area (Å²) in [5.41, 5.74) is 10.9. The zero-order valence-electron chi connectivity index (χ0n) is 11.3. The maximum Gasteiger partial charge on any atom is 0.234 e. The van der Waals surface area contributed by atoms with E-state index >= 15 is 0 Å². The number of piperidine rings is 2. The lowest BCUT2D eigenvalue weighted by Crippen LogP contribution is -2.53. The minimum absolute atomic E-state index is 0.387. The van der Waals surface area contributed by atoms with E-state index in [4.69, 9.17) is 11.5 Å². The first-order valence-electron chi connectivity index (χ1n) is 7.05. The third-order valence-corrected chi connectivity index (χ3v) is 4.55. The fraction of sp³-hybridized carbons (Fsp3) is 0.923. The molecule has 2 aliphatic heterocycles. The molecule has 2 saturated heterocycles. The summed E-state index contributed by atoms with van der Waals surface area (Å²) in [5.74, 6) is 0.407. The Morgan fingerprint density at radius 3 is 2.89 bits per heavy atom. The van der Waals surface area contributed by atoms with Gasteiger partial charge >= 0.3 is 0 Å². The zero-order valence-corrected chi connectivity index (χ0v) is 11.3. The third kappa shape index (κ3) is 3.22. The van der Waals surface area contributed by atoms with Crippen molar-refractivity contribution in [3.63, 3.8) is 0 Å². The van der Waals surface area contributed by atoms with Crippen LogP contribution in [0.15, 0.2) is 0 Å². The fourth-order valence-corrected chi connectivity index (χ4v) is 3.39. The van der Waals surface area contributed by atoms with Crippen LogP contribution in [-0.2, 0) is 4.79 Å². The molecule has 3 unspecified atom stereocenters. The molecule has 0 bridgehead atoms. The lowest BCUT2D eigenvalue weighted by Gasteiger charge is -2.46. The summed E-state index contributed by atoms with van der Waals surface area (Å²) < 4.78 is 0. The summed E-state index contributed by atoms with van der Waals surface area (Å²) in [4.78, 5) is 15.9. The molecule has 18 heavy (non-hydrogen) atoms. The molecule has 2 heterocycles. The molecule has 5 nitrogen and oxygen atoms in total. The molecular weight excluding hydrogens is 228 g/mol. The number of carbonyl (C=O) groups is 1. The van der Waals surface area contributed by atoms with Gasteiger partial charge in [-0.25, -0.2) is 0 Å². The predicted octanol–water partition coefficient (Wildman–Crippen LogP) is -0.395. The molecule has 1 amide bonds. The summed E-state index contributed by atoms with van der Waals surface area (Å²) in [7, 11) is 2.25. The Hall–Kier alpha value is -0.650. The first kappa shape index (κ1) is 13.8. The second-order valence-corrected chi connectivity index (χ2v) is 5.84. The summed E-state index contributed by atoms with van der Waals surface area (Å²) in [6.45, 7) is 4.42. The molecule has 2 rings (SSSR count). The highest BCUT2D eigenvalue weighted by atomic mass is 16.1. The molecule has 3 atom stereocenters. The average molecular weight is 254 g/mol. The van der Waals surface area contributed by atoms with Crippen LogP contribution in [0.3, 0.4) is 0 Å². The fourth-order valence-electron chi connectivity index (χ4n) is 3.39. The van der Waals surface area contributed by atoms with Crippen LogP contribution in [-0.4, -0.2) is 61.0 Å². The monoisotopic (exact) mass is 254 g/mol. The number of primary amides is 1. The molecule has 2 aliphatic rings. The number of hydrogen-bond acceptors (Lipinski definition) is 4. The van der Waals surface area contributed by atoms with Crippen LogP contribution in [0.25, 0.3) is 0 Å². The highest BCUT2D eigenvalue weighted by Gasteiger charge is 2.34. The summed E-state index contributed by atoms with van der Waals surface area (Å²) in [6, 6.07) is 0.275. The summed E-state index contributed by atoms with van der Waals surface area (Å²) in [6.07, 6.45) is 4.58. The van der Waals surface area contributed by atoms with Crippen molar-refractivity contribution in [1.82, 2.24) is 9.80 Å². The lowest BCUT2D eigenvalue weighted by molar-refractivity contribution is -0.119. The van der Waals surface area contributed by atoms with Gasteiger partial charge in [-0.3, -0.25) is 4.79 Å². The van der Waals surface area contributed by atoms with Crippen molar-refractivity contribution in [2.24, 2.45) is 17.4 Å². The van der Waals surface area contributed by atoms with E-state index in [9.17, 15) is 4.79 Å². The van der Waals surface area contributed by atoms with Gasteiger partial charge in [0.15, 0.2) is 0 Å². The summed E-state index contributed by atoms with van der Waals surface area (Å²) >= 11 is 0. The van der Waals surface area contributed by atoms with Crippen molar-refractivity contribution < 1.29 is 4.79 Å². The molecular formula is C13H26N4O. The van der Waals surface area contributed by atoms with E-state index in [1.54, 1.807) is 0 Å². The number of nitrogens with two attached hydrogens (primary N) is 2. The second kappa shape index (κ2) is 5.99. The predicted molar refractivity (Wildman–Crippen MR) is 72.0 cm³/mol. The van der Waals surface area contributed by atoms with Crippen LogP contribution in [0.1, 0.15) is 25.7 Å². The van der Waals surface area contributed by atoms with Gasteiger partial charge in [0.1, 0.15) is 0 Å². The molecule has 0 aromatic heterocycles. The van der Waals surface area contributed by atoms with Crippen LogP contribution in [0, 0.1) is 5.92 Å². The molecule has 0 spiro atoms. The quantitative estimate of drug-likeness (QED) is 0.716. The van der Waals surface area contributed by atoms with E-state index < -0.39 is 6.04 Å². The maximum atomic E-state index is 10.9. The zero-order chi connectivity index (χ0) is 13.1. The molecule has 0 aromatic rings. The number of amides is 1. The van der Waals surface area contributed by atoms with Gasteiger partial charge in [-0.1, -0.05) is 0 Å². The topological polar surface area (TPSA) is 75.6 Å². The molecule has 4 N–H and O–H groups in total. The van der Waals surface area contributed by atoms with Crippen molar-refractivity contribution in [2.75, 3.05) is 33.2 Å². The van der Waals surface area contributed by atoms with E-state index in [2.05, 4.69) is 16.8 Å². The number of rotatable bonds is 4. The third-order valence-electron chi connectivity index (χ3n) is 4.55. The van der Waals surface area contributed by atoms with Crippen LogP contribution in [0.5, 0.6) is 0 Å². The van der Waals surface area contributed by atoms with Crippen LogP contribution < -0.4 is 11.5 Å². The van der Waals surface area contributed by atoms with Crippen molar-refractivity contribution in [3.05, 3.63) is 0 Å². The normalized spacial score (nSPS) is 31.9. The molecule has 0 aliphatic carbocycles. The van der Waals surface area contributed by atoms with Gasteiger partial charge in [0.2, 0.25) is 5.91 Å². The van der Waals surface area contributed by atoms with Gasteiger partial charge in [0.05, 0.1) is 6.04 Å². The van der Waals surface area contributed by atoms with Gasteiger partial charge in [-0.05, 0) is 51.7 Å².